The Morgan fingerprint density at radius 3 is 2.02 bits per heavy atom. The highest BCUT2D eigenvalue weighted by molar-refractivity contribution is 7.26. The lowest BCUT2D eigenvalue weighted by molar-refractivity contribution is 0.669. The quantitative estimate of drug-likeness (QED) is 0.171. The maximum Gasteiger partial charge on any atom is 0.135 e. The van der Waals surface area contributed by atoms with E-state index in [1.165, 1.54) is 58.4 Å². The number of para-hydroxylation sites is 1. The number of nitrogens with zero attached hydrogens (tertiary/aromatic N) is 1. The van der Waals surface area contributed by atoms with Crippen LogP contribution in [0.2, 0.25) is 0 Å². The van der Waals surface area contributed by atoms with Crippen molar-refractivity contribution in [3.05, 3.63) is 174 Å². The van der Waals surface area contributed by atoms with E-state index in [0.29, 0.717) is 0 Å². The van der Waals surface area contributed by atoms with Crippen LogP contribution in [-0.4, -0.2) is 0 Å². The summed E-state index contributed by atoms with van der Waals surface area (Å²) in [5.41, 5.74) is 8.78. The number of thiophene rings is 1. The summed E-state index contributed by atoms with van der Waals surface area (Å²) in [4.78, 5) is 2.40. The Morgan fingerprint density at radius 2 is 1.12 bits per heavy atom. The first-order valence-corrected chi connectivity index (χ1v) is 17.8. The average Bonchev–Trinajstić information content (AvgIpc) is 3.73. The molecule has 50 heavy (non-hydrogen) atoms. The molecule has 0 unspecified atom stereocenters. The molecule has 0 aliphatic rings. The van der Waals surface area contributed by atoms with Crippen molar-refractivity contribution in [1.29, 1.82) is 0 Å². The molecule has 0 N–H and O–H groups in total. The van der Waals surface area contributed by atoms with Crippen molar-refractivity contribution in [3.63, 3.8) is 0 Å². The van der Waals surface area contributed by atoms with Crippen LogP contribution < -0.4 is 4.90 Å². The fourth-order valence-electron chi connectivity index (χ4n) is 7.48. The lowest BCUT2D eigenvalue weighted by atomic mass is 9.97. The van der Waals surface area contributed by atoms with Crippen molar-refractivity contribution in [1.82, 2.24) is 0 Å². The van der Waals surface area contributed by atoms with E-state index in [1.54, 1.807) is 0 Å². The highest BCUT2D eigenvalue weighted by Crippen LogP contribution is 2.44. The van der Waals surface area contributed by atoms with Gasteiger partial charge >= 0.3 is 0 Å². The zero-order valence-electron chi connectivity index (χ0n) is 27.4. The molecule has 10 aromatic rings. The smallest absolute Gasteiger partial charge is 0.135 e. The fourth-order valence-corrected chi connectivity index (χ4v) is 8.75. The molecular formula is C47H31NOS. The molecule has 0 radical (unpaired) electrons. The van der Waals surface area contributed by atoms with Gasteiger partial charge in [-0.05, 0) is 93.7 Å². The third kappa shape index (κ3) is 4.70. The van der Waals surface area contributed by atoms with Crippen molar-refractivity contribution in [2.24, 2.45) is 0 Å². The van der Waals surface area contributed by atoms with E-state index in [0.717, 1.165) is 39.0 Å². The summed E-state index contributed by atoms with van der Waals surface area (Å²) in [5, 5.41) is 9.86. The van der Waals surface area contributed by atoms with Gasteiger partial charge in [0.25, 0.3) is 0 Å². The summed E-state index contributed by atoms with van der Waals surface area (Å²) in [6.07, 6.45) is 4.47. The maximum absolute atomic E-state index is 6.25. The first-order chi connectivity index (χ1) is 24.7. The standard InChI is InChI=1S/C47H31NOS/c1-30-15-17-33-18-20-34(27-42(33)37(30)23-16-31-9-3-2-4-10-31)48(35-22-26-45-43(28-35)39-13-7-8-14-44(39)49-45)36-21-25-40-41-24-19-32-11-5-6-12-38(32)47(41)50-46(40)29-36/h2-29H,1H3/b23-16-. The molecule has 3 heteroatoms. The first-order valence-electron chi connectivity index (χ1n) is 17.0. The molecule has 0 aliphatic heterocycles. The Morgan fingerprint density at radius 1 is 0.480 bits per heavy atom. The SMILES string of the molecule is Cc1ccc2ccc(N(c3ccc4c(c3)sc3c5ccccc5ccc43)c3ccc4oc5ccccc5c4c3)cc2c1/C=C\c1ccccc1. The van der Waals surface area contributed by atoms with Crippen LogP contribution in [0, 0.1) is 6.92 Å². The lowest BCUT2D eigenvalue weighted by Crippen LogP contribution is -2.10. The summed E-state index contributed by atoms with van der Waals surface area (Å²) < 4.78 is 8.86. The molecule has 2 aromatic heterocycles. The number of hydrogen-bond donors (Lipinski definition) is 0. The van der Waals surface area contributed by atoms with Crippen LogP contribution in [0.1, 0.15) is 16.7 Å². The number of rotatable bonds is 5. The number of fused-ring (bicyclic) bond motifs is 9. The van der Waals surface area contributed by atoms with Gasteiger partial charge in [-0.3, -0.25) is 0 Å². The molecule has 0 aliphatic carbocycles. The van der Waals surface area contributed by atoms with Gasteiger partial charge in [0.1, 0.15) is 11.2 Å². The third-order valence-corrected chi connectivity index (χ3v) is 11.2. The molecule has 10 rings (SSSR count). The highest BCUT2D eigenvalue weighted by Gasteiger charge is 2.18. The van der Waals surface area contributed by atoms with Crippen molar-refractivity contribution in [2.45, 2.75) is 6.92 Å². The van der Waals surface area contributed by atoms with Gasteiger partial charge in [0.05, 0.1) is 0 Å². The summed E-state index contributed by atoms with van der Waals surface area (Å²) >= 11 is 1.88. The predicted octanol–water partition coefficient (Wildman–Crippen LogP) is 14.2. The van der Waals surface area contributed by atoms with Crippen LogP contribution in [0.5, 0.6) is 0 Å². The van der Waals surface area contributed by atoms with Gasteiger partial charge in [0, 0.05) is 48.0 Å². The Balaban J connectivity index is 1.20. The number of anilines is 3. The monoisotopic (exact) mass is 657 g/mol. The zero-order valence-corrected chi connectivity index (χ0v) is 28.2. The van der Waals surface area contributed by atoms with E-state index >= 15 is 0 Å². The number of furan rings is 1. The second-order valence-electron chi connectivity index (χ2n) is 13.0. The predicted molar refractivity (Wildman–Crippen MR) is 216 cm³/mol. The molecule has 0 saturated heterocycles. The normalized spacial score (nSPS) is 12.0. The molecule has 2 nitrogen and oxygen atoms in total. The van der Waals surface area contributed by atoms with Crippen LogP contribution >= 0.6 is 11.3 Å². The van der Waals surface area contributed by atoms with Gasteiger partial charge < -0.3 is 9.32 Å². The topological polar surface area (TPSA) is 16.4 Å². The van der Waals surface area contributed by atoms with Crippen LogP contribution in [0.3, 0.4) is 0 Å². The maximum atomic E-state index is 6.25. The van der Waals surface area contributed by atoms with E-state index in [4.69, 9.17) is 4.42 Å². The van der Waals surface area contributed by atoms with Crippen LogP contribution in [0.25, 0.3) is 75.8 Å². The molecule has 236 valence electrons. The molecule has 0 amide bonds. The second-order valence-corrected chi connectivity index (χ2v) is 14.1. The van der Waals surface area contributed by atoms with E-state index in [2.05, 4.69) is 170 Å². The summed E-state index contributed by atoms with van der Waals surface area (Å²) in [7, 11) is 0. The van der Waals surface area contributed by atoms with Gasteiger partial charge in [-0.2, -0.15) is 0 Å². The van der Waals surface area contributed by atoms with Crippen LogP contribution in [0.4, 0.5) is 17.1 Å². The van der Waals surface area contributed by atoms with Gasteiger partial charge in [-0.25, -0.2) is 0 Å². The van der Waals surface area contributed by atoms with Gasteiger partial charge in [0.15, 0.2) is 0 Å². The molecular weight excluding hydrogens is 627 g/mol. The summed E-state index contributed by atoms with van der Waals surface area (Å²) in [5.74, 6) is 0. The summed E-state index contributed by atoms with van der Waals surface area (Å²) in [6.45, 7) is 2.20. The number of benzene rings is 8. The van der Waals surface area contributed by atoms with E-state index in [-0.39, 0.29) is 0 Å². The molecule has 0 atom stereocenters. The minimum absolute atomic E-state index is 0.893. The minimum Gasteiger partial charge on any atom is -0.456 e. The molecule has 0 spiro atoms. The third-order valence-electron chi connectivity index (χ3n) is 9.99. The van der Waals surface area contributed by atoms with Crippen molar-refractivity contribution in [2.75, 3.05) is 4.90 Å². The Bertz CT molecular complexity index is 2950. The second kappa shape index (κ2) is 11.5. The highest BCUT2D eigenvalue weighted by atomic mass is 32.1. The van der Waals surface area contributed by atoms with Crippen molar-refractivity contribution in [3.8, 4) is 0 Å². The number of aryl methyl sites for hydroxylation is 1. The Hall–Kier alpha value is -6.16. The Kier molecular flexibility index (Phi) is 6.61. The first kappa shape index (κ1) is 28.8. The van der Waals surface area contributed by atoms with Gasteiger partial charge in [-0.15, -0.1) is 11.3 Å². The van der Waals surface area contributed by atoms with Gasteiger partial charge in [0.2, 0.25) is 0 Å². The van der Waals surface area contributed by atoms with Gasteiger partial charge in [-0.1, -0.05) is 121 Å². The Labute approximate surface area is 293 Å². The molecule has 0 fully saturated rings. The molecule has 2 heterocycles. The van der Waals surface area contributed by atoms with Crippen molar-refractivity contribution >= 4 is 104 Å². The summed E-state index contributed by atoms with van der Waals surface area (Å²) in [6, 6.07) is 56.9. The van der Waals surface area contributed by atoms with E-state index in [9.17, 15) is 0 Å². The lowest BCUT2D eigenvalue weighted by Gasteiger charge is -2.26. The minimum atomic E-state index is 0.893. The van der Waals surface area contributed by atoms with Crippen molar-refractivity contribution < 1.29 is 4.42 Å². The zero-order chi connectivity index (χ0) is 33.2. The van der Waals surface area contributed by atoms with Crippen LogP contribution in [0.15, 0.2) is 162 Å². The number of hydrogen-bond acceptors (Lipinski definition) is 3. The van der Waals surface area contributed by atoms with E-state index < -0.39 is 0 Å². The average molecular weight is 658 g/mol. The molecule has 0 bridgehead atoms. The fraction of sp³-hybridized carbons (Fsp3) is 0.0213. The van der Waals surface area contributed by atoms with Crippen LogP contribution in [-0.2, 0) is 0 Å². The molecule has 8 aromatic carbocycles. The largest absolute Gasteiger partial charge is 0.456 e. The molecule has 0 saturated carbocycles. The van der Waals surface area contributed by atoms with E-state index in [1.807, 2.05) is 23.5 Å².